The summed E-state index contributed by atoms with van der Waals surface area (Å²) in [7, 11) is 0. The van der Waals surface area contributed by atoms with Crippen LogP contribution in [0.2, 0.25) is 0 Å². The summed E-state index contributed by atoms with van der Waals surface area (Å²) in [4.78, 5) is 4.88. The average molecular weight is 301 g/mol. The lowest BCUT2D eigenvalue weighted by molar-refractivity contribution is 0.757. The molecular formula is C20H19N3. The molecule has 4 rings (SSSR count). The topological polar surface area (TPSA) is 30.7 Å². The number of rotatable bonds is 4. The molecule has 0 atom stereocenters. The summed E-state index contributed by atoms with van der Waals surface area (Å²) in [6, 6.07) is 20.7. The maximum Gasteiger partial charge on any atom is 0.163 e. The third-order valence-electron chi connectivity index (χ3n) is 4.20. The lowest BCUT2D eigenvalue weighted by Crippen LogP contribution is -1.98. The van der Waals surface area contributed by atoms with E-state index in [0.29, 0.717) is 0 Å². The summed E-state index contributed by atoms with van der Waals surface area (Å²) in [6.07, 6.45) is 3.31. The van der Waals surface area contributed by atoms with E-state index in [0.717, 1.165) is 35.4 Å². The third-order valence-corrected chi connectivity index (χ3v) is 4.20. The van der Waals surface area contributed by atoms with Gasteiger partial charge in [0.15, 0.2) is 5.65 Å². The van der Waals surface area contributed by atoms with Crippen molar-refractivity contribution in [2.45, 2.75) is 26.2 Å². The number of unbranched alkanes of at least 4 members (excludes halogenated alkanes) is 1. The second-order valence-corrected chi connectivity index (χ2v) is 5.85. The van der Waals surface area contributed by atoms with Crippen molar-refractivity contribution in [3.05, 3.63) is 66.4 Å². The number of aryl methyl sites for hydroxylation is 1. The Morgan fingerprint density at radius 3 is 2.57 bits per heavy atom. The second kappa shape index (κ2) is 5.84. The quantitative estimate of drug-likeness (QED) is 0.536. The molecule has 0 aliphatic rings. The molecule has 2 aromatic heterocycles. The van der Waals surface area contributed by atoms with E-state index in [1.807, 2.05) is 28.9 Å². The fourth-order valence-corrected chi connectivity index (χ4v) is 2.98. The van der Waals surface area contributed by atoms with E-state index in [-0.39, 0.29) is 0 Å². The van der Waals surface area contributed by atoms with E-state index in [9.17, 15) is 0 Å². The molecule has 0 aliphatic carbocycles. The van der Waals surface area contributed by atoms with E-state index in [1.165, 1.54) is 17.2 Å². The fourth-order valence-electron chi connectivity index (χ4n) is 2.98. The van der Waals surface area contributed by atoms with E-state index in [2.05, 4.69) is 43.3 Å². The number of pyridine rings is 1. The summed E-state index contributed by atoms with van der Waals surface area (Å²) < 4.78 is 1.98. The maximum absolute atomic E-state index is 4.88. The molecule has 0 spiro atoms. The van der Waals surface area contributed by atoms with Gasteiger partial charge in [-0.2, -0.15) is 5.10 Å². The van der Waals surface area contributed by atoms with Crippen molar-refractivity contribution in [2.75, 3.05) is 0 Å². The maximum atomic E-state index is 4.88. The Kier molecular flexibility index (Phi) is 3.54. The summed E-state index contributed by atoms with van der Waals surface area (Å²) in [6.45, 7) is 2.21. The molecule has 2 heterocycles. The molecule has 0 saturated carbocycles. The van der Waals surface area contributed by atoms with Crippen molar-refractivity contribution in [3.8, 4) is 5.69 Å². The summed E-state index contributed by atoms with van der Waals surface area (Å²) in [5.74, 6) is 0. The van der Waals surface area contributed by atoms with Gasteiger partial charge in [0.05, 0.1) is 16.9 Å². The molecule has 0 bridgehead atoms. The zero-order valence-electron chi connectivity index (χ0n) is 13.2. The summed E-state index contributed by atoms with van der Waals surface area (Å²) in [5.41, 5.74) is 4.16. The van der Waals surface area contributed by atoms with Gasteiger partial charge >= 0.3 is 0 Å². The van der Waals surface area contributed by atoms with E-state index < -0.39 is 0 Å². The van der Waals surface area contributed by atoms with Gasteiger partial charge in [0.25, 0.3) is 0 Å². The Morgan fingerprint density at radius 1 is 0.957 bits per heavy atom. The fraction of sp³-hybridized carbons (Fsp3) is 0.200. The standard InChI is InChI=1S/C20H19N3/c1-2-3-12-19-17-14-15-9-7-8-13-18(15)21-20(17)23(22-19)16-10-5-4-6-11-16/h4-11,13-14H,2-3,12H2,1H3. The van der Waals surface area contributed by atoms with Crippen molar-refractivity contribution in [3.63, 3.8) is 0 Å². The Morgan fingerprint density at radius 2 is 1.74 bits per heavy atom. The zero-order chi connectivity index (χ0) is 15.6. The lowest BCUT2D eigenvalue weighted by Gasteiger charge is -2.03. The molecule has 114 valence electrons. The van der Waals surface area contributed by atoms with Crippen LogP contribution in [-0.2, 0) is 6.42 Å². The van der Waals surface area contributed by atoms with Crippen LogP contribution in [0.25, 0.3) is 27.6 Å². The van der Waals surface area contributed by atoms with Crippen molar-refractivity contribution in [2.24, 2.45) is 0 Å². The predicted octanol–water partition coefficient (Wildman–Crippen LogP) is 4.92. The normalized spacial score (nSPS) is 11.3. The Bertz CT molecular complexity index is 955. The van der Waals surface area contributed by atoms with Crippen LogP contribution in [0.4, 0.5) is 0 Å². The van der Waals surface area contributed by atoms with E-state index in [1.54, 1.807) is 0 Å². The Balaban J connectivity index is 2.00. The van der Waals surface area contributed by atoms with Crippen LogP contribution in [-0.4, -0.2) is 14.8 Å². The highest BCUT2D eigenvalue weighted by atomic mass is 15.3. The first-order chi connectivity index (χ1) is 11.4. The van der Waals surface area contributed by atoms with Crippen LogP contribution in [0.1, 0.15) is 25.5 Å². The van der Waals surface area contributed by atoms with Gasteiger partial charge in [0, 0.05) is 10.8 Å². The van der Waals surface area contributed by atoms with Crippen LogP contribution in [0.5, 0.6) is 0 Å². The van der Waals surface area contributed by atoms with Gasteiger partial charge in [0.2, 0.25) is 0 Å². The molecule has 0 fully saturated rings. The summed E-state index contributed by atoms with van der Waals surface area (Å²) >= 11 is 0. The first-order valence-electron chi connectivity index (χ1n) is 8.19. The van der Waals surface area contributed by atoms with Gasteiger partial charge in [-0.25, -0.2) is 9.67 Å². The number of nitrogens with zero attached hydrogens (tertiary/aromatic N) is 3. The van der Waals surface area contributed by atoms with Gasteiger partial charge in [0.1, 0.15) is 0 Å². The monoisotopic (exact) mass is 301 g/mol. The molecule has 0 unspecified atom stereocenters. The highest BCUT2D eigenvalue weighted by Crippen LogP contribution is 2.25. The van der Waals surface area contributed by atoms with E-state index >= 15 is 0 Å². The first-order valence-corrected chi connectivity index (χ1v) is 8.19. The molecule has 0 amide bonds. The summed E-state index contributed by atoms with van der Waals surface area (Å²) in [5, 5.41) is 7.21. The Hall–Kier alpha value is -2.68. The number of benzene rings is 2. The van der Waals surface area contributed by atoms with Gasteiger partial charge < -0.3 is 0 Å². The predicted molar refractivity (Wildman–Crippen MR) is 95.0 cm³/mol. The molecule has 2 aromatic carbocycles. The van der Waals surface area contributed by atoms with Gasteiger partial charge in [-0.1, -0.05) is 49.7 Å². The van der Waals surface area contributed by atoms with Crippen LogP contribution >= 0.6 is 0 Å². The molecule has 0 radical (unpaired) electrons. The molecule has 3 heteroatoms. The molecular weight excluding hydrogens is 282 g/mol. The van der Waals surface area contributed by atoms with Crippen LogP contribution in [0, 0.1) is 0 Å². The lowest BCUT2D eigenvalue weighted by atomic mass is 10.1. The number of fused-ring (bicyclic) bond motifs is 2. The van der Waals surface area contributed by atoms with Gasteiger partial charge in [-0.3, -0.25) is 0 Å². The molecule has 23 heavy (non-hydrogen) atoms. The number of hydrogen-bond donors (Lipinski definition) is 0. The van der Waals surface area contributed by atoms with Crippen molar-refractivity contribution in [1.82, 2.24) is 14.8 Å². The number of hydrogen-bond acceptors (Lipinski definition) is 2. The molecule has 0 aliphatic heterocycles. The smallest absolute Gasteiger partial charge is 0.163 e. The minimum atomic E-state index is 0.945. The highest BCUT2D eigenvalue weighted by Gasteiger charge is 2.14. The molecule has 0 saturated heterocycles. The van der Waals surface area contributed by atoms with Gasteiger partial charge in [-0.15, -0.1) is 0 Å². The Labute approximate surface area is 135 Å². The minimum absolute atomic E-state index is 0.945. The SMILES string of the molecule is CCCCc1nn(-c2ccccc2)c2nc3ccccc3cc12. The minimum Gasteiger partial charge on any atom is -0.228 e. The van der Waals surface area contributed by atoms with E-state index in [4.69, 9.17) is 10.1 Å². The first kappa shape index (κ1) is 13.9. The molecule has 4 aromatic rings. The van der Waals surface area contributed by atoms with Crippen molar-refractivity contribution < 1.29 is 0 Å². The molecule has 0 N–H and O–H groups in total. The van der Waals surface area contributed by atoms with Crippen LogP contribution in [0.15, 0.2) is 60.7 Å². The average Bonchev–Trinajstić information content (AvgIpc) is 2.96. The van der Waals surface area contributed by atoms with Crippen molar-refractivity contribution >= 4 is 21.9 Å². The third kappa shape index (κ3) is 2.48. The number of aromatic nitrogens is 3. The largest absolute Gasteiger partial charge is 0.228 e. The molecule has 3 nitrogen and oxygen atoms in total. The second-order valence-electron chi connectivity index (χ2n) is 5.85. The zero-order valence-corrected chi connectivity index (χ0v) is 13.2. The van der Waals surface area contributed by atoms with Gasteiger partial charge in [-0.05, 0) is 37.1 Å². The highest BCUT2D eigenvalue weighted by molar-refractivity contribution is 5.93. The van der Waals surface area contributed by atoms with Crippen LogP contribution < -0.4 is 0 Å². The van der Waals surface area contributed by atoms with Crippen molar-refractivity contribution in [1.29, 1.82) is 0 Å². The number of para-hydroxylation sites is 2. The van der Waals surface area contributed by atoms with Crippen LogP contribution in [0.3, 0.4) is 0 Å².